The van der Waals surface area contributed by atoms with Gasteiger partial charge in [-0.1, -0.05) is 38.1 Å². The lowest BCUT2D eigenvalue weighted by Crippen LogP contribution is -2.48. The highest BCUT2D eigenvalue weighted by atomic mass is 19.1. The predicted octanol–water partition coefficient (Wildman–Crippen LogP) is 3.09. The Morgan fingerprint density at radius 1 is 1.40 bits per heavy atom. The zero-order chi connectivity index (χ0) is 18.4. The molecule has 0 radical (unpaired) electrons. The molecule has 7 heteroatoms. The lowest BCUT2D eigenvalue weighted by molar-refractivity contribution is -0.145. The summed E-state index contributed by atoms with van der Waals surface area (Å²) in [4.78, 5) is 11.8. The van der Waals surface area contributed by atoms with Crippen LogP contribution in [0, 0.1) is 11.2 Å². The molecule has 1 aromatic heterocycles. The van der Waals surface area contributed by atoms with Crippen LogP contribution >= 0.6 is 0 Å². The standard InChI is InChI=1S/C18H23FN4O2/c1-17(2,3)10-18(20,16(24)25)13-7-4-11(8-14(13)19)15-9-23(22-21-15)12-5-6-12/h4,7-9,12H,5-6,10,20H2,1-3H3,(H,24,25). The van der Waals surface area contributed by atoms with Gasteiger partial charge in [-0.05, 0) is 30.7 Å². The number of carbonyl (C=O) groups is 1. The van der Waals surface area contributed by atoms with Crippen molar-refractivity contribution in [3.8, 4) is 11.3 Å². The smallest absolute Gasteiger partial charge is 0.328 e. The van der Waals surface area contributed by atoms with E-state index in [9.17, 15) is 14.3 Å². The number of rotatable bonds is 5. The van der Waals surface area contributed by atoms with Crippen molar-refractivity contribution in [3.05, 3.63) is 35.8 Å². The molecule has 1 atom stereocenters. The molecule has 0 bridgehead atoms. The van der Waals surface area contributed by atoms with E-state index in [2.05, 4.69) is 10.3 Å². The van der Waals surface area contributed by atoms with Crippen LogP contribution in [-0.2, 0) is 10.3 Å². The molecule has 6 nitrogen and oxygen atoms in total. The molecular formula is C18H23FN4O2. The van der Waals surface area contributed by atoms with E-state index in [1.807, 2.05) is 20.8 Å². The number of aliphatic carboxylic acids is 1. The minimum absolute atomic E-state index is 0.0201. The highest BCUT2D eigenvalue weighted by molar-refractivity contribution is 5.81. The lowest BCUT2D eigenvalue weighted by atomic mass is 9.76. The summed E-state index contributed by atoms with van der Waals surface area (Å²) in [7, 11) is 0. The largest absolute Gasteiger partial charge is 0.480 e. The fraction of sp³-hybridized carbons (Fsp3) is 0.500. The molecule has 1 heterocycles. The fourth-order valence-corrected chi connectivity index (χ4v) is 3.09. The Hall–Kier alpha value is -2.28. The van der Waals surface area contributed by atoms with Gasteiger partial charge in [-0.3, -0.25) is 0 Å². The van der Waals surface area contributed by atoms with Gasteiger partial charge in [0.1, 0.15) is 17.1 Å². The second-order valence-electron chi connectivity index (χ2n) is 8.02. The van der Waals surface area contributed by atoms with Gasteiger partial charge in [-0.15, -0.1) is 5.10 Å². The number of carboxylic acid groups (broad SMARTS) is 1. The molecule has 0 amide bonds. The minimum Gasteiger partial charge on any atom is -0.480 e. The molecule has 134 valence electrons. The topological polar surface area (TPSA) is 94.0 Å². The summed E-state index contributed by atoms with van der Waals surface area (Å²) in [5.74, 6) is -1.89. The molecule has 3 rings (SSSR count). The van der Waals surface area contributed by atoms with E-state index in [1.165, 1.54) is 12.1 Å². The number of hydrogen-bond acceptors (Lipinski definition) is 4. The second kappa shape index (κ2) is 5.91. The van der Waals surface area contributed by atoms with E-state index in [0.717, 1.165) is 12.8 Å². The number of carboxylic acids is 1. The first-order valence-corrected chi connectivity index (χ1v) is 8.35. The van der Waals surface area contributed by atoms with Gasteiger partial charge >= 0.3 is 5.97 Å². The maximum atomic E-state index is 14.7. The molecule has 25 heavy (non-hydrogen) atoms. The van der Waals surface area contributed by atoms with Crippen LogP contribution in [0.15, 0.2) is 24.4 Å². The summed E-state index contributed by atoms with van der Waals surface area (Å²) in [5.41, 5.74) is 5.06. The fourth-order valence-electron chi connectivity index (χ4n) is 3.09. The van der Waals surface area contributed by atoms with Crippen LogP contribution < -0.4 is 5.73 Å². The lowest BCUT2D eigenvalue weighted by Gasteiger charge is -2.32. The maximum absolute atomic E-state index is 14.7. The van der Waals surface area contributed by atoms with Gasteiger partial charge in [-0.25, -0.2) is 13.9 Å². The molecule has 1 saturated carbocycles. The molecule has 0 saturated heterocycles. The summed E-state index contributed by atoms with van der Waals surface area (Å²) >= 11 is 0. The summed E-state index contributed by atoms with van der Waals surface area (Å²) in [5, 5.41) is 17.7. The Morgan fingerprint density at radius 2 is 2.08 bits per heavy atom. The minimum atomic E-state index is -1.79. The SMILES string of the molecule is CC(C)(C)CC(N)(C(=O)O)c1ccc(-c2cn(C3CC3)nn2)cc1F. The third-order valence-corrected chi connectivity index (χ3v) is 4.37. The summed E-state index contributed by atoms with van der Waals surface area (Å²) in [6, 6.07) is 4.76. The Balaban J connectivity index is 1.95. The molecule has 0 aliphatic heterocycles. The number of aromatic nitrogens is 3. The predicted molar refractivity (Wildman–Crippen MR) is 91.3 cm³/mol. The van der Waals surface area contributed by atoms with Gasteiger partial charge in [0.25, 0.3) is 0 Å². The summed E-state index contributed by atoms with van der Waals surface area (Å²) in [6.07, 6.45) is 4.06. The number of benzene rings is 1. The van der Waals surface area contributed by atoms with E-state index in [-0.39, 0.29) is 17.4 Å². The van der Waals surface area contributed by atoms with Crippen LogP contribution in [0.4, 0.5) is 4.39 Å². The highest BCUT2D eigenvalue weighted by Gasteiger charge is 2.41. The molecule has 1 aromatic carbocycles. The third-order valence-electron chi connectivity index (χ3n) is 4.37. The van der Waals surface area contributed by atoms with E-state index >= 15 is 0 Å². The van der Waals surface area contributed by atoms with Gasteiger partial charge in [-0.2, -0.15) is 0 Å². The van der Waals surface area contributed by atoms with Crippen molar-refractivity contribution in [1.82, 2.24) is 15.0 Å². The van der Waals surface area contributed by atoms with Crippen LogP contribution in [0.25, 0.3) is 11.3 Å². The molecule has 1 fully saturated rings. The van der Waals surface area contributed by atoms with Crippen LogP contribution in [0.2, 0.25) is 0 Å². The zero-order valence-electron chi connectivity index (χ0n) is 14.7. The van der Waals surface area contributed by atoms with Gasteiger partial charge in [0, 0.05) is 11.1 Å². The van der Waals surface area contributed by atoms with E-state index in [4.69, 9.17) is 5.73 Å². The Bertz CT molecular complexity index is 808. The Morgan fingerprint density at radius 3 is 2.60 bits per heavy atom. The maximum Gasteiger partial charge on any atom is 0.328 e. The normalized spacial score (nSPS) is 17.3. The van der Waals surface area contributed by atoms with Crippen molar-refractivity contribution in [2.75, 3.05) is 0 Å². The van der Waals surface area contributed by atoms with E-state index in [1.54, 1.807) is 16.9 Å². The van der Waals surface area contributed by atoms with Gasteiger partial charge in [0.2, 0.25) is 0 Å². The first kappa shape index (κ1) is 17.5. The molecule has 2 aromatic rings. The number of hydrogen-bond donors (Lipinski definition) is 2. The van der Waals surface area contributed by atoms with Crippen LogP contribution in [-0.4, -0.2) is 26.1 Å². The van der Waals surface area contributed by atoms with Crippen molar-refractivity contribution in [3.63, 3.8) is 0 Å². The van der Waals surface area contributed by atoms with Crippen molar-refractivity contribution in [2.24, 2.45) is 11.1 Å². The van der Waals surface area contributed by atoms with Crippen molar-refractivity contribution in [2.45, 2.75) is 51.6 Å². The first-order valence-electron chi connectivity index (χ1n) is 8.35. The number of halogens is 1. The van der Waals surface area contributed by atoms with E-state index in [0.29, 0.717) is 17.3 Å². The Kier molecular flexibility index (Phi) is 4.15. The monoisotopic (exact) mass is 346 g/mol. The number of nitrogens with two attached hydrogens (primary N) is 1. The summed E-state index contributed by atoms with van der Waals surface area (Å²) in [6.45, 7) is 5.63. The molecule has 3 N–H and O–H groups in total. The molecular weight excluding hydrogens is 323 g/mol. The number of nitrogens with zero attached hydrogens (tertiary/aromatic N) is 3. The highest BCUT2D eigenvalue weighted by Crippen LogP contribution is 2.37. The quantitative estimate of drug-likeness (QED) is 0.867. The average molecular weight is 346 g/mol. The van der Waals surface area contributed by atoms with Crippen LogP contribution in [0.1, 0.15) is 51.6 Å². The van der Waals surface area contributed by atoms with Gasteiger partial charge < -0.3 is 10.8 Å². The Labute approximate surface area is 145 Å². The van der Waals surface area contributed by atoms with Gasteiger partial charge in [0.15, 0.2) is 0 Å². The van der Waals surface area contributed by atoms with Crippen LogP contribution in [0.3, 0.4) is 0 Å². The molecule has 1 aliphatic carbocycles. The van der Waals surface area contributed by atoms with Crippen molar-refractivity contribution < 1.29 is 14.3 Å². The molecule has 1 aliphatic rings. The van der Waals surface area contributed by atoms with Crippen molar-refractivity contribution >= 4 is 5.97 Å². The van der Waals surface area contributed by atoms with Crippen molar-refractivity contribution in [1.29, 1.82) is 0 Å². The third kappa shape index (κ3) is 3.56. The molecule has 0 spiro atoms. The first-order chi connectivity index (χ1) is 11.6. The van der Waals surface area contributed by atoms with Gasteiger partial charge in [0.05, 0.1) is 12.2 Å². The van der Waals surface area contributed by atoms with E-state index < -0.39 is 17.3 Å². The zero-order valence-corrected chi connectivity index (χ0v) is 14.7. The van der Waals surface area contributed by atoms with Crippen LogP contribution in [0.5, 0.6) is 0 Å². The molecule has 1 unspecified atom stereocenters. The second-order valence-corrected chi connectivity index (χ2v) is 8.02. The average Bonchev–Trinajstić information content (AvgIpc) is 3.22. The summed E-state index contributed by atoms with van der Waals surface area (Å²) < 4.78 is 16.5.